The van der Waals surface area contributed by atoms with Crippen molar-refractivity contribution in [3.05, 3.63) is 23.5 Å². The van der Waals surface area contributed by atoms with Gasteiger partial charge in [0.2, 0.25) is 0 Å². The van der Waals surface area contributed by atoms with Crippen molar-refractivity contribution in [2.24, 2.45) is 5.92 Å². The second-order valence-corrected chi connectivity index (χ2v) is 4.30. The van der Waals surface area contributed by atoms with E-state index >= 15 is 0 Å². The van der Waals surface area contributed by atoms with Crippen molar-refractivity contribution in [1.29, 1.82) is 0 Å². The number of Topliss-reactive ketones (excluding diaryl/α,β-unsaturated/α-hetero) is 1. The lowest BCUT2D eigenvalue weighted by molar-refractivity contribution is 0.0947. The number of nitrogens with one attached hydrogen (secondary N) is 2. The van der Waals surface area contributed by atoms with Crippen LogP contribution in [0.3, 0.4) is 0 Å². The van der Waals surface area contributed by atoms with Gasteiger partial charge in [0.25, 0.3) is 5.91 Å². The van der Waals surface area contributed by atoms with Crippen LogP contribution in [0.4, 0.5) is 0 Å². The number of H-pyrrole nitrogens is 1. The SMILES string of the molecule is CC(=O)c1c[nH]c(C(=O)NCCC(C)C)c1. The predicted molar refractivity (Wildman–Crippen MR) is 62.6 cm³/mol. The topological polar surface area (TPSA) is 62.0 Å². The van der Waals surface area contributed by atoms with E-state index in [2.05, 4.69) is 24.1 Å². The van der Waals surface area contributed by atoms with E-state index in [1.807, 2.05) is 0 Å². The maximum atomic E-state index is 11.6. The molecule has 16 heavy (non-hydrogen) atoms. The molecule has 0 spiro atoms. The first kappa shape index (κ1) is 12.5. The Labute approximate surface area is 95.4 Å². The van der Waals surface area contributed by atoms with Crippen molar-refractivity contribution in [3.8, 4) is 0 Å². The van der Waals surface area contributed by atoms with Crippen LogP contribution in [-0.2, 0) is 0 Å². The number of hydrogen-bond acceptors (Lipinski definition) is 2. The molecule has 0 unspecified atom stereocenters. The third-order valence-electron chi connectivity index (χ3n) is 2.34. The Kier molecular flexibility index (Phi) is 4.28. The molecule has 2 N–H and O–H groups in total. The van der Waals surface area contributed by atoms with E-state index in [-0.39, 0.29) is 11.7 Å². The van der Waals surface area contributed by atoms with Crippen LogP contribution >= 0.6 is 0 Å². The molecule has 0 fully saturated rings. The van der Waals surface area contributed by atoms with Crippen LogP contribution in [0.5, 0.6) is 0 Å². The number of hydrogen-bond donors (Lipinski definition) is 2. The van der Waals surface area contributed by atoms with Gasteiger partial charge in [0, 0.05) is 18.3 Å². The van der Waals surface area contributed by atoms with E-state index in [0.29, 0.717) is 23.7 Å². The minimum atomic E-state index is -0.159. The van der Waals surface area contributed by atoms with Crippen molar-refractivity contribution in [2.75, 3.05) is 6.54 Å². The van der Waals surface area contributed by atoms with Crippen molar-refractivity contribution >= 4 is 11.7 Å². The third-order valence-corrected chi connectivity index (χ3v) is 2.34. The zero-order chi connectivity index (χ0) is 12.1. The first-order chi connectivity index (χ1) is 7.50. The maximum absolute atomic E-state index is 11.6. The summed E-state index contributed by atoms with van der Waals surface area (Å²) in [6.45, 7) is 6.35. The van der Waals surface area contributed by atoms with E-state index in [4.69, 9.17) is 0 Å². The number of ketones is 1. The predicted octanol–water partition coefficient (Wildman–Crippen LogP) is 1.99. The first-order valence-corrected chi connectivity index (χ1v) is 5.48. The number of carbonyl (C=O) groups is 2. The van der Waals surface area contributed by atoms with Gasteiger partial charge in [-0.2, -0.15) is 0 Å². The number of rotatable bonds is 5. The molecule has 1 heterocycles. The smallest absolute Gasteiger partial charge is 0.267 e. The summed E-state index contributed by atoms with van der Waals surface area (Å²) in [5.74, 6) is 0.363. The fraction of sp³-hybridized carbons (Fsp3) is 0.500. The van der Waals surface area contributed by atoms with E-state index in [9.17, 15) is 9.59 Å². The molecule has 0 bridgehead atoms. The van der Waals surface area contributed by atoms with Gasteiger partial charge >= 0.3 is 0 Å². The van der Waals surface area contributed by atoms with Crippen LogP contribution in [-0.4, -0.2) is 23.2 Å². The molecular formula is C12H18N2O2. The molecule has 0 saturated carbocycles. The molecule has 0 aromatic carbocycles. The van der Waals surface area contributed by atoms with Crippen LogP contribution in [0.15, 0.2) is 12.3 Å². The highest BCUT2D eigenvalue weighted by atomic mass is 16.2. The van der Waals surface area contributed by atoms with Crippen LogP contribution in [0, 0.1) is 5.92 Å². The lowest BCUT2D eigenvalue weighted by Crippen LogP contribution is -2.25. The van der Waals surface area contributed by atoms with Gasteiger partial charge in [-0.05, 0) is 25.3 Å². The van der Waals surface area contributed by atoms with Gasteiger partial charge in [-0.1, -0.05) is 13.8 Å². The van der Waals surface area contributed by atoms with Gasteiger partial charge in [0.15, 0.2) is 5.78 Å². The molecular weight excluding hydrogens is 204 g/mol. The molecule has 4 nitrogen and oxygen atoms in total. The highest BCUT2D eigenvalue weighted by molar-refractivity contribution is 5.98. The molecule has 1 aromatic heterocycles. The summed E-state index contributed by atoms with van der Waals surface area (Å²) in [7, 11) is 0. The monoisotopic (exact) mass is 222 g/mol. The van der Waals surface area contributed by atoms with E-state index in [0.717, 1.165) is 6.42 Å². The lowest BCUT2D eigenvalue weighted by Gasteiger charge is -2.05. The summed E-state index contributed by atoms with van der Waals surface area (Å²) in [5.41, 5.74) is 0.975. The highest BCUT2D eigenvalue weighted by Gasteiger charge is 2.09. The molecule has 0 aliphatic heterocycles. The van der Waals surface area contributed by atoms with Crippen LogP contribution < -0.4 is 5.32 Å². The van der Waals surface area contributed by atoms with Gasteiger partial charge < -0.3 is 10.3 Å². The molecule has 1 aromatic rings. The van der Waals surface area contributed by atoms with E-state index in [1.54, 1.807) is 12.3 Å². The van der Waals surface area contributed by atoms with Crippen LogP contribution in [0.25, 0.3) is 0 Å². The fourth-order valence-electron chi connectivity index (χ4n) is 1.30. The van der Waals surface area contributed by atoms with E-state index in [1.165, 1.54) is 6.92 Å². The summed E-state index contributed by atoms with van der Waals surface area (Å²) in [6.07, 6.45) is 2.51. The average molecular weight is 222 g/mol. The third kappa shape index (κ3) is 3.53. The molecule has 0 aliphatic rings. The number of aromatic nitrogens is 1. The van der Waals surface area contributed by atoms with Gasteiger partial charge in [0.05, 0.1) is 0 Å². The lowest BCUT2D eigenvalue weighted by atomic mass is 10.1. The molecule has 4 heteroatoms. The summed E-state index contributed by atoms with van der Waals surface area (Å²) in [5, 5.41) is 2.80. The van der Waals surface area contributed by atoms with Crippen LogP contribution in [0.1, 0.15) is 48.0 Å². The zero-order valence-electron chi connectivity index (χ0n) is 9.96. The van der Waals surface area contributed by atoms with Gasteiger partial charge in [0.1, 0.15) is 5.69 Å². The average Bonchev–Trinajstić information content (AvgIpc) is 2.65. The van der Waals surface area contributed by atoms with Gasteiger partial charge in [-0.25, -0.2) is 0 Å². The summed E-state index contributed by atoms with van der Waals surface area (Å²) >= 11 is 0. The van der Waals surface area contributed by atoms with Gasteiger partial charge in [-0.15, -0.1) is 0 Å². The largest absolute Gasteiger partial charge is 0.356 e. The Balaban J connectivity index is 2.50. The summed E-state index contributed by atoms with van der Waals surface area (Å²) in [6, 6.07) is 1.58. The molecule has 0 atom stereocenters. The molecule has 1 amide bonds. The molecule has 1 rings (SSSR count). The van der Waals surface area contributed by atoms with Crippen molar-refractivity contribution in [2.45, 2.75) is 27.2 Å². The van der Waals surface area contributed by atoms with Crippen LogP contribution in [0.2, 0.25) is 0 Å². The standard InChI is InChI=1S/C12H18N2O2/c1-8(2)4-5-13-12(16)11-6-10(7-14-11)9(3)15/h6-8,14H,4-5H2,1-3H3,(H,13,16). The Morgan fingerprint density at radius 3 is 2.62 bits per heavy atom. The first-order valence-electron chi connectivity index (χ1n) is 5.48. The Hall–Kier alpha value is -1.58. The second kappa shape index (κ2) is 5.49. The number of amides is 1. The Bertz CT molecular complexity index is 380. The highest BCUT2D eigenvalue weighted by Crippen LogP contribution is 2.04. The molecule has 88 valence electrons. The number of aromatic amines is 1. The van der Waals surface area contributed by atoms with E-state index < -0.39 is 0 Å². The normalized spacial score (nSPS) is 10.5. The minimum Gasteiger partial charge on any atom is -0.356 e. The maximum Gasteiger partial charge on any atom is 0.267 e. The quantitative estimate of drug-likeness (QED) is 0.748. The molecule has 0 aliphatic carbocycles. The molecule has 0 radical (unpaired) electrons. The number of carbonyl (C=O) groups excluding carboxylic acids is 2. The molecule has 0 saturated heterocycles. The van der Waals surface area contributed by atoms with Crippen molar-refractivity contribution in [3.63, 3.8) is 0 Å². The summed E-state index contributed by atoms with van der Waals surface area (Å²) in [4.78, 5) is 25.4. The van der Waals surface area contributed by atoms with Crippen molar-refractivity contribution in [1.82, 2.24) is 10.3 Å². The van der Waals surface area contributed by atoms with Gasteiger partial charge in [-0.3, -0.25) is 9.59 Å². The Morgan fingerprint density at radius 1 is 1.44 bits per heavy atom. The zero-order valence-corrected chi connectivity index (χ0v) is 9.96. The van der Waals surface area contributed by atoms with Crippen molar-refractivity contribution < 1.29 is 9.59 Å². The second-order valence-electron chi connectivity index (χ2n) is 4.30. The summed E-state index contributed by atoms with van der Waals surface area (Å²) < 4.78 is 0. The fourth-order valence-corrected chi connectivity index (χ4v) is 1.30. The minimum absolute atomic E-state index is 0.0440. The Morgan fingerprint density at radius 2 is 2.12 bits per heavy atom.